The number of anilines is 2. The van der Waals surface area contributed by atoms with Crippen LogP contribution in [0.5, 0.6) is 0 Å². The number of benzene rings is 3. The number of carbonyl (C=O) groups excluding carboxylic acids is 2. The predicted molar refractivity (Wildman–Crippen MR) is 159 cm³/mol. The Balaban J connectivity index is 1.27. The van der Waals surface area contributed by atoms with Gasteiger partial charge in [0.15, 0.2) is 0 Å². The monoisotopic (exact) mass is 606 g/mol. The summed E-state index contributed by atoms with van der Waals surface area (Å²) in [5, 5.41) is 4.50. The van der Waals surface area contributed by atoms with Gasteiger partial charge in [-0.1, -0.05) is 12.1 Å². The van der Waals surface area contributed by atoms with Crippen LogP contribution >= 0.6 is 22.7 Å². The molecule has 3 heterocycles. The van der Waals surface area contributed by atoms with E-state index < -0.39 is 15.8 Å². The maximum Gasteiger partial charge on any atom is 0.261 e. The average molecular weight is 607 g/mol. The zero-order chi connectivity index (χ0) is 28.7. The van der Waals surface area contributed by atoms with Gasteiger partial charge in [0.2, 0.25) is 5.91 Å². The molecule has 0 unspecified atom stereocenters. The minimum atomic E-state index is -3.92. The van der Waals surface area contributed by atoms with Crippen LogP contribution in [-0.2, 0) is 27.8 Å². The van der Waals surface area contributed by atoms with E-state index in [1.54, 1.807) is 23.2 Å². The molecular formula is C29H23FN4O4S3. The molecule has 12 heteroatoms. The molecule has 2 amide bonds. The average Bonchev–Trinajstić information content (AvgIpc) is 3.53. The molecule has 1 aliphatic rings. The lowest BCUT2D eigenvalue weighted by Crippen LogP contribution is -2.33. The molecule has 0 radical (unpaired) electrons. The number of nitrogens with zero attached hydrogens (tertiary/aromatic N) is 2. The van der Waals surface area contributed by atoms with Crippen molar-refractivity contribution in [2.24, 2.45) is 0 Å². The van der Waals surface area contributed by atoms with Crippen LogP contribution in [-0.4, -0.2) is 36.7 Å². The van der Waals surface area contributed by atoms with Crippen molar-refractivity contribution in [3.8, 4) is 10.6 Å². The standard InChI is InChI=1S/C29H23FN4O4S3/c1-17(35)34-15-14-22-25(16-34)40-29(26(22)28-31-23-4-2-3-5-24(23)39-28)32-27(36)18-6-10-20(11-7-18)33-41(37,38)21-12-8-19(30)9-13-21/h2-13,33H,14-16H2,1H3,(H,32,36). The van der Waals surface area contributed by atoms with Gasteiger partial charge in [-0.25, -0.2) is 17.8 Å². The Hall–Kier alpha value is -4.13. The first-order chi connectivity index (χ1) is 19.7. The summed E-state index contributed by atoms with van der Waals surface area (Å²) in [5.74, 6) is -0.887. The number of halogens is 1. The molecule has 2 aromatic heterocycles. The van der Waals surface area contributed by atoms with Gasteiger partial charge in [0.1, 0.15) is 15.8 Å². The Labute approximate surface area is 243 Å². The molecule has 0 fully saturated rings. The van der Waals surface area contributed by atoms with E-state index in [0.717, 1.165) is 43.4 Å². The van der Waals surface area contributed by atoms with Crippen LogP contribution in [0.25, 0.3) is 20.8 Å². The van der Waals surface area contributed by atoms with E-state index in [2.05, 4.69) is 10.0 Å². The van der Waals surface area contributed by atoms with Crippen molar-refractivity contribution in [2.45, 2.75) is 24.8 Å². The number of thiophene rings is 1. The van der Waals surface area contributed by atoms with Gasteiger partial charge in [-0.05, 0) is 72.6 Å². The zero-order valence-corrected chi connectivity index (χ0v) is 24.1. The first-order valence-corrected chi connectivity index (χ1v) is 15.8. The van der Waals surface area contributed by atoms with Gasteiger partial charge in [-0.2, -0.15) is 0 Å². The van der Waals surface area contributed by atoms with E-state index >= 15 is 0 Å². The van der Waals surface area contributed by atoms with Crippen LogP contribution in [0.15, 0.2) is 77.7 Å². The van der Waals surface area contributed by atoms with E-state index in [-0.39, 0.29) is 22.4 Å². The van der Waals surface area contributed by atoms with Crippen LogP contribution < -0.4 is 10.0 Å². The molecule has 0 spiro atoms. The van der Waals surface area contributed by atoms with Crippen molar-refractivity contribution in [3.63, 3.8) is 0 Å². The number of sulfonamides is 1. The van der Waals surface area contributed by atoms with E-state index in [0.29, 0.717) is 30.1 Å². The second kappa shape index (κ2) is 10.7. The molecule has 41 heavy (non-hydrogen) atoms. The molecule has 0 bridgehead atoms. The highest BCUT2D eigenvalue weighted by Crippen LogP contribution is 2.45. The minimum Gasteiger partial charge on any atom is -0.337 e. The quantitative estimate of drug-likeness (QED) is 0.242. The number of thiazole rings is 1. The summed E-state index contributed by atoms with van der Waals surface area (Å²) >= 11 is 3.00. The third kappa shape index (κ3) is 5.45. The van der Waals surface area contributed by atoms with E-state index in [4.69, 9.17) is 4.98 Å². The smallest absolute Gasteiger partial charge is 0.261 e. The molecule has 0 aliphatic carbocycles. The number of hydrogen-bond donors (Lipinski definition) is 2. The number of hydrogen-bond acceptors (Lipinski definition) is 7. The number of aromatic nitrogens is 1. The lowest BCUT2D eigenvalue weighted by molar-refractivity contribution is -0.129. The molecule has 5 aromatic rings. The molecule has 6 rings (SSSR count). The highest BCUT2D eigenvalue weighted by Gasteiger charge is 2.29. The number of para-hydroxylation sites is 1. The fraction of sp³-hybridized carbons (Fsp3) is 0.138. The van der Waals surface area contributed by atoms with Crippen molar-refractivity contribution < 1.29 is 22.4 Å². The molecular weight excluding hydrogens is 584 g/mol. The van der Waals surface area contributed by atoms with Crippen LogP contribution in [0.1, 0.15) is 27.7 Å². The maximum absolute atomic E-state index is 13.3. The Bertz CT molecular complexity index is 1870. The minimum absolute atomic E-state index is 0.00585. The van der Waals surface area contributed by atoms with Crippen molar-refractivity contribution in [3.05, 3.63) is 94.6 Å². The number of amides is 2. The second-order valence-corrected chi connectivity index (χ2v) is 13.3. The largest absolute Gasteiger partial charge is 0.337 e. The van der Waals surface area contributed by atoms with E-state index in [1.807, 2.05) is 24.3 Å². The Morgan fingerprint density at radius 1 is 0.976 bits per heavy atom. The van der Waals surface area contributed by atoms with Gasteiger partial charge < -0.3 is 10.2 Å². The molecule has 1 aliphatic heterocycles. The molecule has 3 aromatic carbocycles. The second-order valence-electron chi connectivity index (χ2n) is 9.48. The summed E-state index contributed by atoms with van der Waals surface area (Å²) in [6.07, 6.45) is 0.662. The highest BCUT2D eigenvalue weighted by atomic mass is 32.2. The summed E-state index contributed by atoms with van der Waals surface area (Å²) in [7, 11) is -3.92. The van der Waals surface area contributed by atoms with Crippen LogP contribution in [0, 0.1) is 5.82 Å². The van der Waals surface area contributed by atoms with Gasteiger partial charge in [-0.15, -0.1) is 22.7 Å². The van der Waals surface area contributed by atoms with Crippen molar-refractivity contribution in [1.29, 1.82) is 0 Å². The molecule has 0 atom stereocenters. The fourth-order valence-electron chi connectivity index (χ4n) is 4.66. The summed E-state index contributed by atoms with van der Waals surface area (Å²) in [4.78, 5) is 33.0. The number of nitrogens with one attached hydrogen (secondary N) is 2. The SMILES string of the molecule is CC(=O)N1CCc2c(sc(NC(=O)c3ccc(NS(=O)(=O)c4ccc(F)cc4)cc3)c2-c2nc3ccccc3s2)C1. The molecule has 8 nitrogen and oxygen atoms in total. The lowest BCUT2D eigenvalue weighted by Gasteiger charge is -2.26. The van der Waals surface area contributed by atoms with Gasteiger partial charge >= 0.3 is 0 Å². The normalized spacial score (nSPS) is 13.2. The molecule has 208 valence electrons. The van der Waals surface area contributed by atoms with E-state index in [9.17, 15) is 22.4 Å². The molecule has 2 N–H and O–H groups in total. The van der Waals surface area contributed by atoms with Gasteiger partial charge in [0, 0.05) is 35.2 Å². The van der Waals surface area contributed by atoms with Crippen molar-refractivity contribution >= 4 is 65.4 Å². The van der Waals surface area contributed by atoms with Gasteiger partial charge in [-0.3, -0.25) is 14.3 Å². The van der Waals surface area contributed by atoms with Gasteiger partial charge in [0.05, 0.1) is 21.7 Å². The maximum atomic E-state index is 13.3. The number of rotatable bonds is 6. The van der Waals surface area contributed by atoms with Crippen LogP contribution in [0.3, 0.4) is 0 Å². The summed E-state index contributed by atoms with van der Waals surface area (Å²) < 4.78 is 41.9. The molecule has 0 saturated heterocycles. The summed E-state index contributed by atoms with van der Waals surface area (Å²) in [6.45, 7) is 2.63. The van der Waals surface area contributed by atoms with Gasteiger partial charge in [0.25, 0.3) is 15.9 Å². The van der Waals surface area contributed by atoms with Crippen LogP contribution in [0.2, 0.25) is 0 Å². The fourth-order valence-corrected chi connectivity index (χ4v) is 8.09. The lowest BCUT2D eigenvalue weighted by atomic mass is 10.0. The summed E-state index contributed by atoms with van der Waals surface area (Å²) in [5.41, 5.74) is 3.45. The summed E-state index contributed by atoms with van der Waals surface area (Å²) in [6, 6.07) is 18.4. The van der Waals surface area contributed by atoms with Crippen molar-refractivity contribution in [2.75, 3.05) is 16.6 Å². The first-order valence-electron chi connectivity index (χ1n) is 12.6. The third-order valence-electron chi connectivity index (χ3n) is 6.76. The first kappa shape index (κ1) is 27.1. The molecule has 0 saturated carbocycles. The predicted octanol–water partition coefficient (Wildman–Crippen LogP) is 6.12. The third-order valence-corrected chi connectivity index (χ3v) is 10.3. The Morgan fingerprint density at radius 2 is 1.71 bits per heavy atom. The van der Waals surface area contributed by atoms with E-state index in [1.165, 1.54) is 47.7 Å². The highest BCUT2D eigenvalue weighted by molar-refractivity contribution is 7.92. The number of fused-ring (bicyclic) bond motifs is 2. The van der Waals surface area contributed by atoms with Crippen molar-refractivity contribution in [1.82, 2.24) is 9.88 Å². The topological polar surface area (TPSA) is 108 Å². The Morgan fingerprint density at radius 3 is 2.41 bits per heavy atom. The van der Waals surface area contributed by atoms with Crippen LogP contribution in [0.4, 0.5) is 15.1 Å². The zero-order valence-electron chi connectivity index (χ0n) is 21.7. The Kier molecular flexibility index (Phi) is 7.06. The number of carbonyl (C=O) groups is 2.